The molecular weight excluding hydrogens is 294 g/mol. The maximum absolute atomic E-state index is 11.4. The maximum Gasteiger partial charge on any atom is 0.311 e. The Morgan fingerprint density at radius 3 is 2.19 bits per heavy atom. The van der Waals surface area contributed by atoms with Gasteiger partial charge in [0.05, 0.1) is 10.8 Å². The summed E-state index contributed by atoms with van der Waals surface area (Å²) < 4.78 is 0. The van der Waals surface area contributed by atoms with Crippen molar-refractivity contribution in [2.75, 3.05) is 0 Å². The van der Waals surface area contributed by atoms with E-state index in [0.717, 1.165) is 5.56 Å². The molecule has 1 atom stereocenters. The molecule has 0 aromatic heterocycles. The Kier molecular flexibility index (Phi) is 4.55. The third-order valence-electron chi connectivity index (χ3n) is 3.16. The lowest BCUT2D eigenvalue weighted by molar-refractivity contribution is -0.384. The highest BCUT2D eigenvalue weighted by Crippen LogP contribution is 2.24. The lowest BCUT2D eigenvalue weighted by Crippen LogP contribution is -2.14. The van der Waals surface area contributed by atoms with Gasteiger partial charge in [-0.25, -0.2) is 0 Å². The van der Waals surface area contributed by atoms with Crippen molar-refractivity contribution in [3.05, 3.63) is 74.8 Å². The first-order chi connectivity index (χ1) is 9.97. The highest BCUT2D eigenvalue weighted by molar-refractivity contribution is 6.30. The SMILES string of the molecule is O=C(O)C(Cc1ccc(Cl)cc1)c1ccc([N+](=O)[O-])cc1. The average molecular weight is 306 g/mol. The van der Waals surface area contributed by atoms with Gasteiger partial charge in [0.2, 0.25) is 0 Å². The lowest BCUT2D eigenvalue weighted by Gasteiger charge is -2.12. The highest BCUT2D eigenvalue weighted by atomic mass is 35.5. The molecule has 0 amide bonds. The average Bonchev–Trinajstić information content (AvgIpc) is 2.46. The summed E-state index contributed by atoms with van der Waals surface area (Å²) >= 11 is 5.79. The molecule has 0 aliphatic carbocycles. The first-order valence-corrected chi connectivity index (χ1v) is 6.57. The summed E-state index contributed by atoms with van der Waals surface area (Å²) in [7, 11) is 0. The predicted molar refractivity (Wildman–Crippen MR) is 78.6 cm³/mol. The zero-order chi connectivity index (χ0) is 15.4. The van der Waals surface area contributed by atoms with Gasteiger partial charge in [-0.15, -0.1) is 0 Å². The van der Waals surface area contributed by atoms with Gasteiger partial charge in [0.15, 0.2) is 0 Å². The molecule has 0 radical (unpaired) electrons. The largest absolute Gasteiger partial charge is 0.481 e. The van der Waals surface area contributed by atoms with Crippen molar-refractivity contribution in [2.45, 2.75) is 12.3 Å². The summed E-state index contributed by atoms with van der Waals surface area (Å²) in [6.07, 6.45) is 0.296. The van der Waals surface area contributed by atoms with Crippen LogP contribution in [0.4, 0.5) is 5.69 Å². The van der Waals surface area contributed by atoms with Crippen LogP contribution in [0.5, 0.6) is 0 Å². The van der Waals surface area contributed by atoms with E-state index in [0.29, 0.717) is 17.0 Å². The fraction of sp³-hybridized carbons (Fsp3) is 0.133. The number of carboxylic acid groups (broad SMARTS) is 1. The molecule has 2 aromatic rings. The van der Waals surface area contributed by atoms with Crippen LogP contribution in [0.15, 0.2) is 48.5 Å². The number of nitro benzene ring substituents is 1. The van der Waals surface area contributed by atoms with Crippen LogP contribution in [-0.4, -0.2) is 16.0 Å². The molecule has 2 rings (SSSR count). The lowest BCUT2D eigenvalue weighted by atomic mass is 9.92. The van der Waals surface area contributed by atoms with Crippen molar-refractivity contribution in [3.63, 3.8) is 0 Å². The van der Waals surface area contributed by atoms with Crippen LogP contribution < -0.4 is 0 Å². The fourth-order valence-corrected chi connectivity index (χ4v) is 2.16. The Bertz CT molecular complexity index is 652. The first kappa shape index (κ1) is 15.0. The van der Waals surface area contributed by atoms with Gasteiger partial charge in [-0.1, -0.05) is 35.9 Å². The molecule has 1 N–H and O–H groups in total. The summed E-state index contributed by atoms with van der Waals surface area (Å²) in [5.41, 5.74) is 1.31. The number of nitrogens with zero attached hydrogens (tertiary/aromatic N) is 1. The Labute approximate surface area is 125 Å². The summed E-state index contributed by atoms with van der Waals surface area (Å²) in [6, 6.07) is 12.5. The van der Waals surface area contributed by atoms with Crippen molar-refractivity contribution in [3.8, 4) is 0 Å². The maximum atomic E-state index is 11.4. The monoisotopic (exact) mass is 305 g/mol. The Morgan fingerprint density at radius 2 is 1.71 bits per heavy atom. The van der Waals surface area contributed by atoms with E-state index in [2.05, 4.69) is 0 Å². The number of nitro groups is 1. The third kappa shape index (κ3) is 3.79. The van der Waals surface area contributed by atoms with Gasteiger partial charge in [0.25, 0.3) is 5.69 Å². The molecule has 0 saturated carbocycles. The fourth-order valence-electron chi connectivity index (χ4n) is 2.03. The molecule has 2 aromatic carbocycles. The highest BCUT2D eigenvalue weighted by Gasteiger charge is 2.21. The molecule has 0 spiro atoms. The van der Waals surface area contributed by atoms with Crippen molar-refractivity contribution in [1.82, 2.24) is 0 Å². The minimum absolute atomic E-state index is 0.0608. The number of rotatable bonds is 5. The van der Waals surface area contributed by atoms with E-state index in [4.69, 9.17) is 11.6 Å². The second-order valence-corrected chi connectivity index (χ2v) is 5.01. The van der Waals surface area contributed by atoms with E-state index in [-0.39, 0.29) is 5.69 Å². The van der Waals surface area contributed by atoms with Crippen LogP contribution in [0.3, 0.4) is 0 Å². The second kappa shape index (κ2) is 6.37. The Hall–Kier alpha value is -2.40. The zero-order valence-electron chi connectivity index (χ0n) is 10.9. The van der Waals surface area contributed by atoms with E-state index in [1.54, 1.807) is 24.3 Å². The van der Waals surface area contributed by atoms with Gasteiger partial charge in [-0.3, -0.25) is 14.9 Å². The number of carboxylic acids is 1. The molecular formula is C15H12ClNO4. The molecule has 21 heavy (non-hydrogen) atoms. The molecule has 0 bridgehead atoms. The number of hydrogen-bond acceptors (Lipinski definition) is 3. The van der Waals surface area contributed by atoms with Gasteiger partial charge < -0.3 is 5.11 Å². The number of aliphatic carboxylic acids is 1. The third-order valence-corrected chi connectivity index (χ3v) is 3.41. The molecule has 0 heterocycles. The second-order valence-electron chi connectivity index (χ2n) is 4.57. The van der Waals surface area contributed by atoms with Gasteiger partial charge in [0.1, 0.15) is 0 Å². The smallest absolute Gasteiger partial charge is 0.311 e. The minimum Gasteiger partial charge on any atom is -0.481 e. The normalized spacial score (nSPS) is 11.9. The van der Waals surface area contributed by atoms with Crippen LogP contribution in [-0.2, 0) is 11.2 Å². The quantitative estimate of drug-likeness (QED) is 0.675. The van der Waals surface area contributed by atoms with Gasteiger partial charge in [0, 0.05) is 17.2 Å². The summed E-state index contributed by atoms with van der Waals surface area (Å²) in [5, 5.41) is 20.6. The molecule has 0 aliphatic heterocycles. The topological polar surface area (TPSA) is 80.4 Å². The van der Waals surface area contributed by atoms with Crippen molar-refractivity contribution in [1.29, 1.82) is 0 Å². The van der Waals surface area contributed by atoms with Crippen LogP contribution in [0.2, 0.25) is 5.02 Å². The van der Waals surface area contributed by atoms with Crippen LogP contribution in [0, 0.1) is 10.1 Å². The minimum atomic E-state index is -0.973. The molecule has 108 valence electrons. The van der Waals surface area contributed by atoms with E-state index in [9.17, 15) is 20.0 Å². The van der Waals surface area contributed by atoms with Gasteiger partial charge >= 0.3 is 5.97 Å². The van der Waals surface area contributed by atoms with Crippen LogP contribution in [0.1, 0.15) is 17.0 Å². The molecule has 6 heteroatoms. The number of benzene rings is 2. The number of halogens is 1. The van der Waals surface area contributed by atoms with Crippen LogP contribution in [0.25, 0.3) is 0 Å². The standard InChI is InChI=1S/C15H12ClNO4/c16-12-5-1-10(2-6-12)9-14(15(18)19)11-3-7-13(8-4-11)17(20)21/h1-8,14H,9H2,(H,18,19). The van der Waals surface area contributed by atoms with E-state index in [1.807, 2.05) is 0 Å². The Morgan fingerprint density at radius 1 is 1.14 bits per heavy atom. The van der Waals surface area contributed by atoms with Crippen molar-refractivity contribution >= 4 is 23.3 Å². The summed E-state index contributed by atoms with van der Waals surface area (Å²) in [5.74, 6) is -1.73. The molecule has 0 fully saturated rings. The number of non-ortho nitro benzene ring substituents is 1. The molecule has 0 aliphatic rings. The number of carbonyl (C=O) groups is 1. The zero-order valence-corrected chi connectivity index (χ0v) is 11.7. The van der Waals surface area contributed by atoms with E-state index in [1.165, 1.54) is 24.3 Å². The first-order valence-electron chi connectivity index (χ1n) is 6.19. The van der Waals surface area contributed by atoms with E-state index < -0.39 is 16.8 Å². The van der Waals surface area contributed by atoms with Gasteiger partial charge in [-0.2, -0.15) is 0 Å². The van der Waals surface area contributed by atoms with Crippen molar-refractivity contribution < 1.29 is 14.8 Å². The molecule has 0 saturated heterocycles. The predicted octanol–water partition coefficient (Wildman–Crippen LogP) is 3.66. The van der Waals surface area contributed by atoms with Gasteiger partial charge in [-0.05, 0) is 29.7 Å². The van der Waals surface area contributed by atoms with Crippen LogP contribution >= 0.6 is 11.6 Å². The summed E-state index contributed by atoms with van der Waals surface area (Å²) in [4.78, 5) is 21.5. The molecule has 1 unspecified atom stereocenters. The Balaban J connectivity index is 2.24. The van der Waals surface area contributed by atoms with E-state index >= 15 is 0 Å². The van der Waals surface area contributed by atoms with Crippen molar-refractivity contribution in [2.24, 2.45) is 0 Å². The summed E-state index contributed by atoms with van der Waals surface area (Å²) in [6.45, 7) is 0. The number of hydrogen-bond donors (Lipinski definition) is 1. The molecule has 5 nitrogen and oxygen atoms in total.